The summed E-state index contributed by atoms with van der Waals surface area (Å²) in [5, 5.41) is 2.12. The van der Waals surface area contributed by atoms with Crippen LogP contribution in [0, 0.1) is 0 Å². The van der Waals surface area contributed by atoms with Gasteiger partial charge in [0.1, 0.15) is 0 Å². The fourth-order valence-corrected chi connectivity index (χ4v) is 8.03. The van der Waals surface area contributed by atoms with E-state index >= 15 is 0 Å². The van der Waals surface area contributed by atoms with Gasteiger partial charge in [0.2, 0.25) is 0 Å². The maximum Gasteiger partial charge on any atom is 0.166 e. The van der Waals surface area contributed by atoms with Crippen LogP contribution in [0.4, 0.5) is 0 Å². The minimum Gasteiger partial charge on any atom is -0.308 e. The summed E-state index contributed by atoms with van der Waals surface area (Å²) < 4.78 is 45.7. The summed E-state index contributed by atoms with van der Waals surface area (Å²) in [6.07, 6.45) is 0. The van der Waals surface area contributed by atoms with Crippen molar-refractivity contribution in [3.63, 3.8) is 0 Å². The molecule has 11 aromatic rings. The van der Waals surface area contributed by atoms with Crippen LogP contribution in [0.25, 0.3) is 106 Å². The van der Waals surface area contributed by atoms with Crippen molar-refractivity contribution < 1.29 is 6.85 Å². The standard InChI is InChI=1S/C56H37N5/c1-6-18-38(19-7-1)43-30-32-47-46-28-16-17-29-51(46)61(53(47)37-43)52-33-31-44(50-36-45(39-20-8-2-9-21-39)35-49(57-50)40-22-10-3-11-23-40)34-48(52)56-59-54(41-24-12-4-13-25-41)58-55(60-56)42-26-14-5-15-27-42/h1-37H/i4D,12D,13D,24D,25D. The Bertz CT molecular complexity index is 3550. The van der Waals surface area contributed by atoms with Crippen molar-refractivity contribution in [3.8, 4) is 84.6 Å². The molecule has 286 valence electrons. The Hall–Kier alpha value is -8.28. The molecule has 0 fully saturated rings. The van der Waals surface area contributed by atoms with Crippen LogP contribution >= 0.6 is 0 Å². The molecule has 0 saturated carbocycles. The molecular formula is C56H37N5. The van der Waals surface area contributed by atoms with Crippen LogP contribution in [0.2, 0.25) is 0 Å². The molecule has 0 bridgehead atoms. The molecule has 0 aliphatic carbocycles. The molecule has 0 unspecified atom stereocenters. The molecule has 0 saturated heterocycles. The molecule has 0 aliphatic heterocycles. The van der Waals surface area contributed by atoms with E-state index in [2.05, 4.69) is 95.6 Å². The molecule has 0 spiro atoms. The lowest BCUT2D eigenvalue weighted by Gasteiger charge is -2.17. The van der Waals surface area contributed by atoms with Crippen LogP contribution in [-0.4, -0.2) is 24.5 Å². The van der Waals surface area contributed by atoms with Crippen molar-refractivity contribution in [3.05, 3.63) is 224 Å². The van der Waals surface area contributed by atoms with Gasteiger partial charge in [-0.3, -0.25) is 0 Å². The molecule has 0 radical (unpaired) electrons. The zero-order chi connectivity index (χ0) is 44.9. The van der Waals surface area contributed by atoms with E-state index < -0.39 is 30.2 Å². The molecular weight excluding hydrogens is 743 g/mol. The Morgan fingerprint density at radius 2 is 0.852 bits per heavy atom. The normalized spacial score (nSPS) is 12.4. The highest BCUT2D eigenvalue weighted by Crippen LogP contribution is 2.40. The van der Waals surface area contributed by atoms with Crippen LogP contribution in [0.5, 0.6) is 0 Å². The number of nitrogens with zero attached hydrogens (tertiary/aromatic N) is 5. The van der Waals surface area contributed by atoms with Crippen LogP contribution < -0.4 is 0 Å². The first-order chi connectivity index (χ1) is 32.3. The highest BCUT2D eigenvalue weighted by Gasteiger charge is 2.21. The van der Waals surface area contributed by atoms with Gasteiger partial charge >= 0.3 is 0 Å². The van der Waals surface area contributed by atoms with E-state index in [1.807, 2.05) is 103 Å². The molecule has 8 aromatic carbocycles. The second kappa shape index (κ2) is 15.5. The van der Waals surface area contributed by atoms with Gasteiger partial charge in [0.15, 0.2) is 17.5 Å². The first kappa shape index (κ1) is 30.8. The third-order valence-electron chi connectivity index (χ3n) is 10.9. The summed E-state index contributed by atoms with van der Waals surface area (Å²) in [5.41, 5.74) is 11.3. The minimum atomic E-state index is -0.498. The van der Waals surface area contributed by atoms with E-state index in [-0.39, 0.29) is 23.0 Å². The highest BCUT2D eigenvalue weighted by atomic mass is 15.1. The largest absolute Gasteiger partial charge is 0.308 e. The van der Waals surface area contributed by atoms with Gasteiger partial charge in [-0.25, -0.2) is 19.9 Å². The van der Waals surface area contributed by atoms with Crippen molar-refractivity contribution >= 4 is 21.8 Å². The van der Waals surface area contributed by atoms with Gasteiger partial charge in [-0.1, -0.05) is 188 Å². The van der Waals surface area contributed by atoms with E-state index in [9.17, 15) is 0 Å². The summed E-state index contributed by atoms with van der Waals surface area (Å²) in [6.45, 7) is 0. The summed E-state index contributed by atoms with van der Waals surface area (Å²) in [5.74, 6) is 0.481. The van der Waals surface area contributed by atoms with Gasteiger partial charge < -0.3 is 4.57 Å². The van der Waals surface area contributed by atoms with Crippen LogP contribution in [0.15, 0.2) is 224 Å². The zero-order valence-corrected chi connectivity index (χ0v) is 32.7. The zero-order valence-electron chi connectivity index (χ0n) is 37.7. The lowest BCUT2D eigenvalue weighted by molar-refractivity contribution is 1.06. The average molecular weight is 785 g/mol. The number of aromatic nitrogens is 5. The van der Waals surface area contributed by atoms with Crippen LogP contribution in [0.3, 0.4) is 0 Å². The Morgan fingerprint density at radius 1 is 0.328 bits per heavy atom. The molecule has 5 nitrogen and oxygen atoms in total. The molecule has 0 amide bonds. The van der Waals surface area contributed by atoms with Crippen LogP contribution in [0.1, 0.15) is 6.85 Å². The first-order valence-corrected chi connectivity index (χ1v) is 20.1. The molecule has 0 atom stereocenters. The SMILES string of the molecule is [2H]c1c([2H])c([2H])c(-c2nc(-c3ccccc3)nc(-c3cc(-c4cc(-c5ccccc5)cc(-c5ccccc5)n4)ccc3-n3c4ccccc4c4ccc(-c5ccccc5)cc43)n2)c([2H])c1[2H]. The lowest BCUT2D eigenvalue weighted by atomic mass is 9.98. The number of hydrogen-bond donors (Lipinski definition) is 0. The smallest absolute Gasteiger partial charge is 0.166 e. The fraction of sp³-hybridized carbons (Fsp3) is 0. The Kier molecular flexibility index (Phi) is 7.80. The Balaban J connectivity index is 1.24. The van der Waals surface area contributed by atoms with E-state index in [1.54, 1.807) is 0 Å². The van der Waals surface area contributed by atoms with E-state index in [0.29, 0.717) is 11.1 Å². The predicted molar refractivity (Wildman–Crippen MR) is 250 cm³/mol. The van der Waals surface area contributed by atoms with Gasteiger partial charge in [0.05, 0.1) is 35.0 Å². The van der Waals surface area contributed by atoms with Gasteiger partial charge in [-0.05, 0) is 58.7 Å². The average Bonchev–Trinajstić information content (AvgIpc) is 3.71. The Morgan fingerprint density at radius 3 is 1.54 bits per heavy atom. The maximum absolute atomic E-state index is 8.99. The van der Waals surface area contributed by atoms with Crippen molar-refractivity contribution in [2.45, 2.75) is 0 Å². The number of fused-ring (bicyclic) bond motifs is 3. The Labute approximate surface area is 361 Å². The van der Waals surface area contributed by atoms with Gasteiger partial charge in [-0.15, -0.1) is 0 Å². The van der Waals surface area contributed by atoms with E-state index in [1.165, 1.54) is 0 Å². The topological polar surface area (TPSA) is 56.5 Å². The fourth-order valence-electron chi connectivity index (χ4n) is 8.03. The number of hydrogen-bond acceptors (Lipinski definition) is 4. The van der Waals surface area contributed by atoms with Gasteiger partial charge in [0.25, 0.3) is 0 Å². The third-order valence-corrected chi connectivity index (χ3v) is 10.9. The van der Waals surface area contributed by atoms with Crippen LogP contribution in [-0.2, 0) is 0 Å². The summed E-state index contributed by atoms with van der Waals surface area (Å²) >= 11 is 0. The number of para-hydroxylation sites is 1. The quantitative estimate of drug-likeness (QED) is 0.154. The number of rotatable bonds is 8. The van der Waals surface area contributed by atoms with Crippen molar-refractivity contribution in [1.82, 2.24) is 24.5 Å². The summed E-state index contributed by atoms with van der Waals surface area (Å²) in [7, 11) is 0. The lowest BCUT2D eigenvalue weighted by Crippen LogP contribution is -2.04. The number of benzene rings is 8. The van der Waals surface area contributed by atoms with Crippen molar-refractivity contribution in [1.29, 1.82) is 0 Å². The van der Waals surface area contributed by atoms with Crippen molar-refractivity contribution in [2.24, 2.45) is 0 Å². The van der Waals surface area contributed by atoms with Gasteiger partial charge in [0, 0.05) is 38.6 Å². The van der Waals surface area contributed by atoms with E-state index in [0.717, 1.165) is 72.3 Å². The molecule has 0 N–H and O–H groups in total. The predicted octanol–water partition coefficient (Wildman–Crippen LogP) is 14.0. The first-order valence-electron chi connectivity index (χ1n) is 22.6. The maximum atomic E-state index is 8.99. The highest BCUT2D eigenvalue weighted by molar-refractivity contribution is 6.10. The molecule has 5 heteroatoms. The summed E-state index contributed by atoms with van der Waals surface area (Å²) in [4.78, 5) is 20.4. The van der Waals surface area contributed by atoms with Gasteiger partial charge in [-0.2, -0.15) is 0 Å². The van der Waals surface area contributed by atoms with E-state index in [4.69, 9.17) is 26.8 Å². The monoisotopic (exact) mass is 784 g/mol. The molecule has 3 heterocycles. The minimum absolute atomic E-state index is 0.0450. The molecule has 11 rings (SSSR count). The van der Waals surface area contributed by atoms with Crippen molar-refractivity contribution in [2.75, 3.05) is 0 Å². The number of pyridine rings is 1. The summed E-state index contributed by atoms with van der Waals surface area (Å²) in [6, 6.07) is 63.0. The second-order valence-corrected chi connectivity index (χ2v) is 14.7. The molecule has 0 aliphatic rings. The third kappa shape index (κ3) is 6.84. The molecule has 3 aromatic heterocycles. The second-order valence-electron chi connectivity index (χ2n) is 14.7. The molecule has 61 heavy (non-hydrogen) atoms.